The van der Waals surface area contributed by atoms with Crippen molar-refractivity contribution in [3.05, 3.63) is 105 Å². The van der Waals surface area contributed by atoms with E-state index >= 15 is 0 Å². The summed E-state index contributed by atoms with van der Waals surface area (Å²) in [5.74, 6) is -0.314. The summed E-state index contributed by atoms with van der Waals surface area (Å²) < 4.78 is 0. The van der Waals surface area contributed by atoms with Crippen LogP contribution in [-0.2, 0) is 22.6 Å². The molecule has 2 amide bonds. The lowest BCUT2D eigenvalue weighted by atomic mass is 9.86. The number of piperazine rings is 1. The molecule has 3 aromatic carbocycles. The summed E-state index contributed by atoms with van der Waals surface area (Å²) in [4.78, 5) is 34.1. The van der Waals surface area contributed by atoms with Gasteiger partial charge in [-0.05, 0) is 47.0 Å². The van der Waals surface area contributed by atoms with Crippen LogP contribution >= 0.6 is 11.6 Å². The van der Waals surface area contributed by atoms with Gasteiger partial charge in [0.05, 0.1) is 11.7 Å². The number of benzene rings is 3. The van der Waals surface area contributed by atoms with Gasteiger partial charge >= 0.3 is 0 Å². The van der Waals surface area contributed by atoms with E-state index in [0.29, 0.717) is 23.6 Å². The van der Waals surface area contributed by atoms with E-state index in [2.05, 4.69) is 4.98 Å². The number of rotatable bonds is 4. The highest BCUT2D eigenvalue weighted by atomic mass is 35.5. The zero-order valence-corrected chi connectivity index (χ0v) is 19.9. The predicted octanol–water partition coefficient (Wildman–Crippen LogP) is 4.40. The molecular weight excluding hydrogens is 480 g/mol. The smallest absolute Gasteiger partial charge is 0.246 e. The van der Waals surface area contributed by atoms with Gasteiger partial charge in [-0.3, -0.25) is 14.8 Å². The maximum atomic E-state index is 13.8. The van der Waals surface area contributed by atoms with Gasteiger partial charge in [0.15, 0.2) is 0 Å². The summed E-state index contributed by atoms with van der Waals surface area (Å²) in [6, 6.07) is 20.2. The fraction of sp³-hybridized carbons (Fsp3) is 0.185. The van der Waals surface area contributed by atoms with Gasteiger partial charge in [-0.25, -0.2) is 0 Å². The lowest BCUT2D eigenvalue weighted by molar-refractivity contribution is -0.159. The fourth-order valence-electron chi connectivity index (χ4n) is 5.43. The molecule has 36 heavy (non-hydrogen) atoms. The largest absolute Gasteiger partial charge is 0.733 e. The Labute approximate surface area is 211 Å². The normalized spacial score (nSPS) is 19.4. The van der Waals surface area contributed by atoms with Crippen molar-refractivity contribution in [2.75, 3.05) is 11.8 Å². The van der Waals surface area contributed by atoms with Crippen LogP contribution in [0.4, 0.5) is 5.69 Å². The highest BCUT2D eigenvalue weighted by Crippen LogP contribution is 2.43. The van der Waals surface area contributed by atoms with Gasteiger partial charge in [0.2, 0.25) is 11.8 Å². The molecule has 1 aromatic heterocycles. The van der Waals surface area contributed by atoms with E-state index in [0.717, 1.165) is 27.7 Å². The van der Waals surface area contributed by atoms with Crippen LogP contribution in [0.2, 0.25) is 5.02 Å². The Kier molecular flexibility index (Phi) is 5.44. The first kappa shape index (κ1) is 22.6. The molecule has 0 spiro atoms. The highest BCUT2D eigenvalue weighted by Gasteiger charge is 2.48. The standard InChI is InChI=1S/C27H22ClN4O4/c28-18-10-8-16(9-11-18)14-30-15-24(33)31-23(27(30)34)13-21-20-6-1-2-7-22(20)29-25(21)26(31)17-4-3-5-19(12-17)32(35)36/h1-12,23,26,29,35H,13-15H2/q-1/t23-,26?/m0/s1. The number of para-hydroxylation sites is 1. The molecule has 3 heterocycles. The predicted molar refractivity (Wildman–Crippen MR) is 135 cm³/mol. The molecule has 0 aliphatic carbocycles. The number of amides is 2. The third-order valence-electron chi connectivity index (χ3n) is 7.04. The van der Waals surface area contributed by atoms with Crippen molar-refractivity contribution >= 4 is 40.0 Å². The Morgan fingerprint density at radius 2 is 1.83 bits per heavy atom. The van der Waals surface area contributed by atoms with Crippen LogP contribution in [0, 0.1) is 5.21 Å². The quantitative estimate of drug-likeness (QED) is 0.403. The van der Waals surface area contributed by atoms with E-state index in [1.54, 1.807) is 40.1 Å². The molecule has 0 bridgehead atoms. The minimum absolute atomic E-state index is 0.0486. The molecule has 1 saturated heterocycles. The van der Waals surface area contributed by atoms with E-state index in [-0.39, 0.29) is 29.3 Å². The average Bonchev–Trinajstić information content (AvgIpc) is 3.25. The van der Waals surface area contributed by atoms with Crippen LogP contribution in [-0.4, -0.2) is 44.4 Å². The molecule has 2 aliphatic rings. The van der Waals surface area contributed by atoms with E-state index < -0.39 is 12.1 Å². The SMILES string of the molecule is O=C1[C@@H]2Cc3c([nH]c4ccccc34)C(c3cccc(N([O-])O)c3)N2C(=O)CN1Cc1ccc(Cl)cc1. The first-order valence-electron chi connectivity index (χ1n) is 11.6. The Bertz CT molecular complexity index is 1480. The second-order valence-corrected chi connectivity index (χ2v) is 9.61. The molecule has 6 rings (SSSR count). The van der Waals surface area contributed by atoms with Crippen LogP contribution in [0.15, 0.2) is 72.8 Å². The number of aromatic amines is 1. The summed E-state index contributed by atoms with van der Waals surface area (Å²) in [5, 5.41) is 22.5. The van der Waals surface area contributed by atoms with E-state index in [4.69, 9.17) is 11.6 Å². The third kappa shape index (κ3) is 3.71. The molecular formula is C27H22ClN4O4-. The van der Waals surface area contributed by atoms with Gasteiger partial charge in [0.25, 0.3) is 0 Å². The van der Waals surface area contributed by atoms with Crippen molar-refractivity contribution in [1.29, 1.82) is 0 Å². The highest BCUT2D eigenvalue weighted by molar-refractivity contribution is 6.30. The summed E-state index contributed by atoms with van der Waals surface area (Å²) in [6.07, 6.45) is 0.380. The fourth-order valence-corrected chi connectivity index (χ4v) is 5.55. The summed E-state index contributed by atoms with van der Waals surface area (Å²) in [5.41, 5.74) is 4.26. The lowest BCUT2D eigenvalue weighted by Gasteiger charge is -2.47. The Morgan fingerprint density at radius 3 is 2.61 bits per heavy atom. The maximum absolute atomic E-state index is 13.8. The van der Waals surface area contributed by atoms with E-state index in [1.165, 1.54) is 6.07 Å². The Morgan fingerprint density at radius 1 is 1.06 bits per heavy atom. The summed E-state index contributed by atoms with van der Waals surface area (Å²) in [6.45, 7) is 0.250. The van der Waals surface area contributed by atoms with Gasteiger partial charge in [0, 0.05) is 34.6 Å². The molecule has 1 fully saturated rings. The molecule has 2 aliphatic heterocycles. The lowest BCUT2D eigenvalue weighted by Crippen LogP contribution is -2.62. The van der Waals surface area contributed by atoms with Crippen molar-refractivity contribution in [2.45, 2.75) is 25.0 Å². The molecule has 4 aromatic rings. The van der Waals surface area contributed by atoms with Crippen LogP contribution in [0.1, 0.15) is 28.4 Å². The molecule has 0 saturated carbocycles. The van der Waals surface area contributed by atoms with Gasteiger partial charge < -0.3 is 25.2 Å². The molecule has 182 valence electrons. The number of fused-ring (bicyclic) bond motifs is 4. The second kappa shape index (κ2) is 8.67. The number of carbonyl (C=O) groups excluding carboxylic acids is 2. The zero-order valence-electron chi connectivity index (χ0n) is 19.1. The number of aromatic nitrogens is 1. The summed E-state index contributed by atoms with van der Waals surface area (Å²) >= 11 is 6.00. The van der Waals surface area contributed by atoms with Crippen molar-refractivity contribution < 1.29 is 14.8 Å². The number of hydrogen-bond acceptors (Lipinski definition) is 5. The number of halogens is 1. The van der Waals surface area contributed by atoms with E-state index in [1.807, 2.05) is 36.4 Å². The number of nitrogens with zero attached hydrogens (tertiary/aromatic N) is 3. The van der Waals surface area contributed by atoms with Gasteiger partial charge in [0.1, 0.15) is 12.6 Å². The number of anilines is 1. The zero-order chi connectivity index (χ0) is 25.0. The molecule has 2 atom stereocenters. The number of hydrogen-bond donors (Lipinski definition) is 2. The van der Waals surface area contributed by atoms with Crippen LogP contribution in [0.3, 0.4) is 0 Å². The van der Waals surface area contributed by atoms with Crippen molar-refractivity contribution in [2.24, 2.45) is 0 Å². The van der Waals surface area contributed by atoms with Crippen molar-refractivity contribution in [3.8, 4) is 0 Å². The van der Waals surface area contributed by atoms with Gasteiger partial charge in [-0.2, -0.15) is 0 Å². The van der Waals surface area contributed by atoms with Crippen molar-refractivity contribution in [1.82, 2.24) is 14.8 Å². The van der Waals surface area contributed by atoms with Crippen LogP contribution < -0.4 is 5.23 Å². The first-order valence-corrected chi connectivity index (χ1v) is 12.0. The van der Waals surface area contributed by atoms with E-state index in [9.17, 15) is 20.0 Å². The Hall–Kier alpha value is -3.85. The van der Waals surface area contributed by atoms with Crippen molar-refractivity contribution in [3.63, 3.8) is 0 Å². The minimum Gasteiger partial charge on any atom is -0.733 e. The van der Waals surface area contributed by atoms with Gasteiger partial charge in [-0.1, -0.05) is 54.1 Å². The second-order valence-electron chi connectivity index (χ2n) is 9.17. The summed E-state index contributed by atoms with van der Waals surface area (Å²) in [7, 11) is 0. The molecule has 9 heteroatoms. The maximum Gasteiger partial charge on any atom is 0.246 e. The average molecular weight is 502 g/mol. The van der Waals surface area contributed by atoms with Gasteiger partial charge in [-0.15, -0.1) is 0 Å². The number of nitrogens with one attached hydrogen (secondary N) is 1. The minimum atomic E-state index is -0.698. The van der Waals surface area contributed by atoms with Crippen LogP contribution in [0.5, 0.6) is 0 Å². The first-order chi connectivity index (χ1) is 17.4. The topological polar surface area (TPSA) is 103 Å². The third-order valence-corrected chi connectivity index (χ3v) is 7.29. The molecule has 0 radical (unpaired) electrons. The number of H-pyrrole nitrogens is 1. The van der Waals surface area contributed by atoms with Crippen LogP contribution in [0.25, 0.3) is 10.9 Å². The Balaban J connectivity index is 1.45. The number of carbonyl (C=O) groups is 2. The molecule has 1 unspecified atom stereocenters. The molecule has 2 N–H and O–H groups in total. The molecule has 8 nitrogen and oxygen atoms in total. The monoisotopic (exact) mass is 501 g/mol.